The molecule has 0 aromatic heterocycles. The molecule has 0 spiro atoms. The van der Waals surface area contributed by atoms with Crippen molar-refractivity contribution < 1.29 is 13.2 Å². The zero-order valence-electron chi connectivity index (χ0n) is 13.8. The third-order valence-electron chi connectivity index (χ3n) is 4.51. The summed E-state index contributed by atoms with van der Waals surface area (Å²) in [6.07, 6.45) is 1.15. The number of halogens is 1. The lowest BCUT2D eigenvalue weighted by atomic mass is 10.0. The number of hydrogen-bond donors (Lipinski definition) is 0. The second-order valence-corrected chi connectivity index (χ2v) is 8.65. The van der Waals surface area contributed by atoms with E-state index in [4.69, 9.17) is 11.6 Å². The van der Waals surface area contributed by atoms with E-state index in [2.05, 4.69) is 0 Å². The van der Waals surface area contributed by atoms with Gasteiger partial charge in [-0.2, -0.15) is 0 Å². The minimum absolute atomic E-state index is 0.170. The molecule has 0 aliphatic carbocycles. The molecule has 1 heterocycles. The molecular formula is C18H18ClNO3S. The van der Waals surface area contributed by atoms with Gasteiger partial charge < -0.3 is 4.90 Å². The zero-order valence-corrected chi connectivity index (χ0v) is 15.3. The third kappa shape index (κ3) is 2.94. The Bertz CT molecular complexity index is 951. The molecule has 0 N–H and O–H groups in total. The molecule has 6 heteroatoms. The Hall–Kier alpha value is -1.85. The van der Waals surface area contributed by atoms with Gasteiger partial charge in [-0.3, -0.25) is 4.79 Å². The summed E-state index contributed by atoms with van der Waals surface area (Å²) in [6, 6.07) is 8.73. The van der Waals surface area contributed by atoms with E-state index in [1.54, 1.807) is 11.0 Å². The monoisotopic (exact) mass is 363 g/mol. The van der Waals surface area contributed by atoms with Gasteiger partial charge in [0.2, 0.25) is 0 Å². The summed E-state index contributed by atoms with van der Waals surface area (Å²) in [5.41, 5.74) is 4.01. The molecule has 0 saturated heterocycles. The van der Waals surface area contributed by atoms with Crippen LogP contribution in [0, 0.1) is 13.8 Å². The largest absolute Gasteiger partial charge is 0.330 e. The van der Waals surface area contributed by atoms with Crippen LogP contribution in [-0.2, 0) is 22.9 Å². The van der Waals surface area contributed by atoms with Gasteiger partial charge in [-0.15, -0.1) is 0 Å². The van der Waals surface area contributed by atoms with Crippen LogP contribution in [0.25, 0.3) is 0 Å². The first-order chi connectivity index (χ1) is 11.2. The van der Waals surface area contributed by atoms with Gasteiger partial charge in [-0.25, -0.2) is 8.42 Å². The first-order valence-corrected chi connectivity index (χ1v) is 9.82. The Kier molecular flexibility index (Phi) is 4.18. The maximum atomic E-state index is 13.0. The summed E-state index contributed by atoms with van der Waals surface area (Å²) in [4.78, 5) is 14.8. The Balaban J connectivity index is 2.00. The zero-order chi connectivity index (χ0) is 17.6. The number of fused-ring (bicyclic) bond motifs is 1. The summed E-state index contributed by atoms with van der Waals surface area (Å²) in [5, 5.41) is 0.653. The number of amides is 1. The quantitative estimate of drug-likeness (QED) is 0.820. The molecule has 0 bridgehead atoms. The fourth-order valence-corrected chi connectivity index (χ4v) is 3.93. The highest BCUT2D eigenvalue weighted by atomic mass is 35.5. The van der Waals surface area contributed by atoms with E-state index in [1.807, 2.05) is 32.0 Å². The molecule has 0 radical (unpaired) electrons. The summed E-state index contributed by atoms with van der Waals surface area (Å²) in [7, 11) is -3.37. The summed E-state index contributed by atoms with van der Waals surface area (Å²) in [5.74, 6) is -0.173. The highest BCUT2D eigenvalue weighted by molar-refractivity contribution is 7.90. The van der Waals surface area contributed by atoms with Crippen molar-refractivity contribution in [3.05, 3.63) is 63.2 Å². The molecule has 0 fully saturated rings. The molecule has 0 atom stereocenters. The lowest BCUT2D eigenvalue weighted by Gasteiger charge is -2.18. The van der Waals surface area contributed by atoms with Crippen LogP contribution in [0.2, 0.25) is 5.02 Å². The van der Waals surface area contributed by atoms with Crippen LogP contribution in [0.4, 0.5) is 0 Å². The van der Waals surface area contributed by atoms with Crippen LogP contribution >= 0.6 is 11.6 Å². The lowest BCUT2D eigenvalue weighted by Crippen LogP contribution is -2.26. The predicted octanol–water partition coefficient (Wildman–Crippen LogP) is 3.52. The van der Waals surface area contributed by atoms with E-state index in [0.717, 1.165) is 28.5 Å². The van der Waals surface area contributed by atoms with Gasteiger partial charge in [-0.05, 0) is 54.3 Å². The lowest BCUT2D eigenvalue weighted by molar-refractivity contribution is 0.0750. The topological polar surface area (TPSA) is 54.5 Å². The number of nitrogens with zero attached hydrogens (tertiary/aromatic N) is 1. The van der Waals surface area contributed by atoms with E-state index < -0.39 is 9.84 Å². The molecule has 4 nitrogen and oxygen atoms in total. The number of sulfone groups is 1. The second kappa shape index (κ2) is 5.90. The van der Waals surface area contributed by atoms with E-state index in [-0.39, 0.29) is 10.8 Å². The molecule has 3 rings (SSSR count). The summed E-state index contributed by atoms with van der Waals surface area (Å²) < 4.78 is 23.7. The van der Waals surface area contributed by atoms with Crippen molar-refractivity contribution in [2.24, 2.45) is 0 Å². The average molecular weight is 364 g/mol. The van der Waals surface area contributed by atoms with E-state index in [1.165, 1.54) is 6.07 Å². The Morgan fingerprint density at radius 3 is 2.50 bits per heavy atom. The minimum Gasteiger partial charge on any atom is -0.330 e. The standard InChI is InChI=1S/C18H18ClNO3S/c1-11-7-14(24(3,22)23)8-15(12(11)2)18(21)20-9-13-5-4-6-17(19)16(13)10-20/h4-8H,9-10H2,1-3H3. The fourth-order valence-electron chi connectivity index (χ4n) is 2.96. The molecule has 1 aliphatic rings. The average Bonchev–Trinajstić information content (AvgIpc) is 2.93. The predicted molar refractivity (Wildman–Crippen MR) is 94.1 cm³/mol. The molecule has 2 aromatic rings. The van der Waals surface area contributed by atoms with Gasteiger partial charge >= 0.3 is 0 Å². The number of aryl methyl sites for hydroxylation is 1. The van der Waals surface area contributed by atoms with Crippen molar-refractivity contribution in [3.8, 4) is 0 Å². The number of benzene rings is 2. The maximum Gasteiger partial charge on any atom is 0.254 e. The fraction of sp³-hybridized carbons (Fsp3) is 0.278. The van der Waals surface area contributed by atoms with Crippen LogP contribution in [0.1, 0.15) is 32.6 Å². The molecule has 1 amide bonds. The molecule has 1 aliphatic heterocycles. The summed E-state index contributed by atoms with van der Waals surface area (Å²) >= 11 is 6.21. The van der Waals surface area contributed by atoms with Gasteiger partial charge in [0.25, 0.3) is 5.91 Å². The third-order valence-corrected chi connectivity index (χ3v) is 5.96. The van der Waals surface area contributed by atoms with E-state index >= 15 is 0 Å². The van der Waals surface area contributed by atoms with Crippen LogP contribution < -0.4 is 0 Å². The Morgan fingerprint density at radius 1 is 1.17 bits per heavy atom. The van der Waals surface area contributed by atoms with Gasteiger partial charge in [0.15, 0.2) is 9.84 Å². The molecule has 24 heavy (non-hydrogen) atoms. The van der Waals surface area contributed by atoms with Crippen molar-refractivity contribution >= 4 is 27.3 Å². The number of hydrogen-bond acceptors (Lipinski definition) is 3. The van der Waals surface area contributed by atoms with E-state index in [9.17, 15) is 13.2 Å². The van der Waals surface area contributed by atoms with Crippen molar-refractivity contribution in [1.82, 2.24) is 4.90 Å². The normalized spacial score (nSPS) is 13.9. The van der Waals surface area contributed by atoms with Crippen LogP contribution in [-0.4, -0.2) is 25.5 Å². The number of carbonyl (C=O) groups excluding carboxylic acids is 1. The molecule has 0 saturated carbocycles. The van der Waals surface area contributed by atoms with Crippen molar-refractivity contribution in [1.29, 1.82) is 0 Å². The van der Waals surface area contributed by atoms with Gasteiger partial charge in [0, 0.05) is 29.9 Å². The first-order valence-electron chi connectivity index (χ1n) is 7.55. The number of carbonyl (C=O) groups is 1. The van der Waals surface area contributed by atoms with Gasteiger partial charge in [0.05, 0.1) is 4.90 Å². The first kappa shape index (κ1) is 17.0. The van der Waals surface area contributed by atoms with Gasteiger partial charge in [-0.1, -0.05) is 23.7 Å². The highest BCUT2D eigenvalue weighted by Crippen LogP contribution is 2.31. The SMILES string of the molecule is Cc1cc(S(C)(=O)=O)cc(C(=O)N2Cc3cccc(Cl)c3C2)c1C. The van der Waals surface area contributed by atoms with Crippen LogP contribution in [0.3, 0.4) is 0 Å². The Morgan fingerprint density at radius 2 is 1.88 bits per heavy atom. The van der Waals surface area contributed by atoms with E-state index in [0.29, 0.717) is 23.7 Å². The van der Waals surface area contributed by atoms with Crippen molar-refractivity contribution in [2.45, 2.75) is 31.8 Å². The van der Waals surface area contributed by atoms with Crippen LogP contribution in [0.5, 0.6) is 0 Å². The summed E-state index contributed by atoms with van der Waals surface area (Å²) in [6.45, 7) is 4.58. The minimum atomic E-state index is -3.37. The van der Waals surface area contributed by atoms with Crippen molar-refractivity contribution in [3.63, 3.8) is 0 Å². The van der Waals surface area contributed by atoms with Gasteiger partial charge in [0.1, 0.15) is 0 Å². The highest BCUT2D eigenvalue weighted by Gasteiger charge is 2.27. The van der Waals surface area contributed by atoms with Crippen molar-refractivity contribution in [2.75, 3.05) is 6.26 Å². The molecule has 126 valence electrons. The molecule has 2 aromatic carbocycles. The van der Waals surface area contributed by atoms with Crippen LogP contribution in [0.15, 0.2) is 35.2 Å². The molecule has 0 unspecified atom stereocenters. The Labute approximate surface area is 147 Å². The maximum absolute atomic E-state index is 13.0. The molecular weight excluding hydrogens is 346 g/mol. The number of rotatable bonds is 2. The smallest absolute Gasteiger partial charge is 0.254 e. The second-order valence-electron chi connectivity index (χ2n) is 6.22.